The second-order valence-corrected chi connectivity index (χ2v) is 5.79. The number of hydrogen-bond acceptors (Lipinski definition) is 2. The third-order valence-electron chi connectivity index (χ3n) is 3.81. The summed E-state index contributed by atoms with van der Waals surface area (Å²) in [5.74, 6) is -0.412. The monoisotopic (exact) mass is 318 g/mol. The Bertz CT molecular complexity index is 923. The molecule has 0 aliphatic heterocycles. The second-order valence-electron chi connectivity index (χ2n) is 5.79. The molecule has 3 rings (SSSR count). The topological polar surface area (TPSA) is 51.1 Å². The average Bonchev–Trinajstić information content (AvgIpc) is 2.58. The number of nitrogens with one attached hydrogen (secondary N) is 1. The van der Waals surface area contributed by atoms with Crippen molar-refractivity contribution in [1.29, 1.82) is 0 Å². The van der Waals surface area contributed by atoms with Crippen LogP contribution in [-0.4, -0.2) is 10.5 Å². The van der Waals surface area contributed by atoms with Crippen molar-refractivity contribution in [3.05, 3.63) is 93.9 Å². The van der Waals surface area contributed by atoms with Gasteiger partial charge in [-0.15, -0.1) is 0 Å². The molecule has 0 saturated heterocycles. The predicted molar refractivity (Wildman–Crippen MR) is 95.9 cm³/mol. The number of amides is 1. The van der Waals surface area contributed by atoms with Crippen LogP contribution in [0.2, 0.25) is 0 Å². The van der Waals surface area contributed by atoms with Gasteiger partial charge in [-0.1, -0.05) is 35.4 Å². The largest absolute Gasteiger partial charge is 0.323 e. The van der Waals surface area contributed by atoms with Gasteiger partial charge in [0.2, 0.25) is 0 Å². The van der Waals surface area contributed by atoms with E-state index in [1.165, 1.54) is 6.07 Å². The first-order chi connectivity index (χ1) is 11.5. The second kappa shape index (κ2) is 6.54. The highest BCUT2D eigenvalue weighted by Gasteiger charge is 2.11. The fourth-order valence-electron chi connectivity index (χ4n) is 2.37. The highest BCUT2D eigenvalue weighted by atomic mass is 16.2. The van der Waals surface area contributed by atoms with Gasteiger partial charge in [0, 0.05) is 29.8 Å². The Balaban J connectivity index is 1.91. The van der Waals surface area contributed by atoms with Crippen LogP contribution in [0.4, 0.5) is 5.69 Å². The molecule has 4 nitrogen and oxygen atoms in total. The summed E-state index contributed by atoms with van der Waals surface area (Å²) in [6.07, 6.45) is 3.23. The van der Waals surface area contributed by atoms with Gasteiger partial charge >= 0.3 is 0 Å². The molecule has 0 aliphatic rings. The van der Waals surface area contributed by atoms with Gasteiger partial charge in [0.15, 0.2) is 5.43 Å². The first kappa shape index (κ1) is 15.7. The lowest BCUT2D eigenvalue weighted by Crippen LogP contribution is -2.22. The first-order valence-corrected chi connectivity index (χ1v) is 7.70. The lowest BCUT2D eigenvalue weighted by molar-refractivity contribution is 0.102. The molecular weight excluding hydrogens is 300 g/mol. The van der Waals surface area contributed by atoms with Crippen molar-refractivity contribution in [2.24, 2.45) is 0 Å². The van der Waals surface area contributed by atoms with Gasteiger partial charge in [0.1, 0.15) is 5.56 Å². The summed E-state index contributed by atoms with van der Waals surface area (Å²) < 4.78 is 1.77. The minimum atomic E-state index is -0.412. The molecule has 0 bridgehead atoms. The van der Waals surface area contributed by atoms with Gasteiger partial charge in [0.25, 0.3) is 5.91 Å². The highest BCUT2D eigenvalue weighted by Crippen LogP contribution is 2.12. The van der Waals surface area contributed by atoms with Gasteiger partial charge in [-0.05, 0) is 38.1 Å². The molecule has 2 aromatic carbocycles. The minimum absolute atomic E-state index is 0.110. The standard InChI is InChI=1S/C20H18N2O2/c1-14-3-7-16(8-4-14)21-20(24)18-13-22(12-11-19(18)23)17-9-5-15(2)6-10-17/h3-13H,1-2H3,(H,21,24). The summed E-state index contributed by atoms with van der Waals surface area (Å²) in [6.45, 7) is 3.98. The maximum Gasteiger partial charge on any atom is 0.261 e. The zero-order chi connectivity index (χ0) is 17.1. The van der Waals surface area contributed by atoms with Gasteiger partial charge < -0.3 is 9.88 Å². The summed E-state index contributed by atoms with van der Waals surface area (Å²) in [5.41, 5.74) is 3.62. The van der Waals surface area contributed by atoms with Crippen molar-refractivity contribution in [3.8, 4) is 5.69 Å². The average molecular weight is 318 g/mol. The Morgan fingerprint density at radius 2 is 1.46 bits per heavy atom. The molecule has 0 fully saturated rings. The Labute approximate surface area is 140 Å². The fraction of sp³-hybridized carbons (Fsp3) is 0.100. The van der Waals surface area contributed by atoms with E-state index in [2.05, 4.69) is 5.32 Å². The van der Waals surface area contributed by atoms with E-state index < -0.39 is 5.91 Å². The molecule has 0 radical (unpaired) electrons. The number of aromatic nitrogens is 1. The van der Waals surface area contributed by atoms with Crippen LogP contribution in [0.3, 0.4) is 0 Å². The molecule has 3 aromatic rings. The molecule has 1 N–H and O–H groups in total. The van der Waals surface area contributed by atoms with Crippen LogP contribution >= 0.6 is 0 Å². The third-order valence-corrected chi connectivity index (χ3v) is 3.81. The number of pyridine rings is 1. The quantitative estimate of drug-likeness (QED) is 0.800. The molecule has 0 spiro atoms. The number of carbonyl (C=O) groups is 1. The fourth-order valence-corrected chi connectivity index (χ4v) is 2.37. The summed E-state index contributed by atoms with van der Waals surface area (Å²) in [7, 11) is 0. The lowest BCUT2D eigenvalue weighted by Gasteiger charge is -2.10. The predicted octanol–water partition coefficient (Wildman–Crippen LogP) is 3.71. The molecule has 0 atom stereocenters. The van der Waals surface area contributed by atoms with Crippen LogP contribution in [0.1, 0.15) is 21.5 Å². The van der Waals surface area contributed by atoms with Crippen molar-refractivity contribution in [2.45, 2.75) is 13.8 Å². The normalized spacial score (nSPS) is 10.4. The molecule has 1 heterocycles. The van der Waals surface area contributed by atoms with E-state index in [9.17, 15) is 9.59 Å². The van der Waals surface area contributed by atoms with E-state index >= 15 is 0 Å². The van der Waals surface area contributed by atoms with E-state index in [-0.39, 0.29) is 11.0 Å². The van der Waals surface area contributed by atoms with Crippen molar-refractivity contribution in [1.82, 2.24) is 4.57 Å². The number of anilines is 1. The number of nitrogens with zero attached hydrogens (tertiary/aromatic N) is 1. The SMILES string of the molecule is Cc1ccc(NC(=O)c2cn(-c3ccc(C)cc3)ccc2=O)cc1. The van der Waals surface area contributed by atoms with E-state index in [0.717, 1.165) is 16.8 Å². The number of carbonyl (C=O) groups excluding carboxylic acids is 1. The number of aryl methyl sites for hydroxylation is 2. The molecule has 0 saturated carbocycles. The number of hydrogen-bond donors (Lipinski definition) is 1. The highest BCUT2D eigenvalue weighted by molar-refractivity contribution is 6.04. The van der Waals surface area contributed by atoms with Crippen LogP contribution in [-0.2, 0) is 0 Å². The van der Waals surface area contributed by atoms with E-state index in [4.69, 9.17) is 0 Å². The lowest BCUT2D eigenvalue weighted by atomic mass is 10.2. The maximum atomic E-state index is 12.4. The summed E-state index contributed by atoms with van der Waals surface area (Å²) >= 11 is 0. The van der Waals surface area contributed by atoms with Gasteiger partial charge in [-0.25, -0.2) is 0 Å². The Morgan fingerprint density at radius 1 is 0.875 bits per heavy atom. The molecular formula is C20H18N2O2. The summed E-state index contributed by atoms with van der Waals surface area (Å²) in [6, 6.07) is 16.7. The maximum absolute atomic E-state index is 12.4. The van der Waals surface area contributed by atoms with E-state index in [1.807, 2.05) is 62.4 Å². The molecule has 24 heavy (non-hydrogen) atoms. The molecule has 0 unspecified atom stereocenters. The molecule has 0 aliphatic carbocycles. The van der Waals surface area contributed by atoms with E-state index in [0.29, 0.717) is 5.69 Å². The smallest absolute Gasteiger partial charge is 0.261 e. The Kier molecular flexibility index (Phi) is 4.29. The van der Waals surface area contributed by atoms with E-state index in [1.54, 1.807) is 17.0 Å². The zero-order valence-electron chi connectivity index (χ0n) is 13.6. The van der Waals surface area contributed by atoms with Crippen LogP contribution in [0, 0.1) is 13.8 Å². The van der Waals surface area contributed by atoms with Crippen LogP contribution < -0.4 is 10.7 Å². The molecule has 120 valence electrons. The van der Waals surface area contributed by atoms with Crippen LogP contribution in [0.15, 0.2) is 71.8 Å². The third kappa shape index (κ3) is 3.43. The van der Waals surface area contributed by atoms with Crippen molar-refractivity contribution in [2.75, 3.05) is 5.32 Å². The molecule has 1 aromatic heterocycles. The Morgan fingerprint density at radius 3 is 2.08 bits per heavy atom. The summed E-state index contributed by atoms with van der Waals surface area (Å²) in [4.78, 5) is 24.5. The van der Waals surface area contributed by atoms with Gasteiger partial charge in [-0.2, -0.15) is 0 Å². The van der Waals surface area contributed by atoms with Gasteiger partial charge in [-0.3, -0.25) is 9.59 Å². The number of benzene rings is 2. The van der Waals surface area contributed by atoms with Crippen molar-refractivity contribution in [3.63, 3.8) is 0 Å². The van der Waals surface area contributed by atoms with Crippen LogP contribution in [0.25, 0.3) is 5.69 Å². The minimum Gasteiger partial charge on any atom is -0.323 e. The molecule has 4 heteroatoms. The van der Waals surface area contributed by atoms with Crippen LogP contribution in [0.5, 0.6) is 0 Å². The Hall–Kier alpha value is -3.14. The van der Waals surface area contributed by atoms with Gasteiger partial charge in [0.05, 0.1) is 0 Å². The van der Waals surface area contributed by atoms with Crippen molar-refractivity contribution >= 4 is 11.6 Å². The van der Waals surface area contributed by atoms with Crippen molar-refractivity contribution < 1.29 is 4.79 Å². The molecule has 1 amide bonds. The first-order valence-electron chi connectivity index (χ1n) is 7.70. The zero-order valence-corrected chi connectivity index (χ0v) is 13.6. The number of rotatable bonds is 3. The summed E-state index contributed by atoms with van der Waals surface area (Å²) in [5, 5.41) is 2.76.